The predicted molar refractivity (Wildman–Crippen MR) is 103 cm³/mol. The Morgan fingerprint density at radius 3 is 1.44 bits per heavy atom. The summed E-state index contributed by atoms with van der Waals surface area (Å²) in [4.78, 5) is 33.8. The van der Waals surface area contributed by atoms with Crippen molar-refractivity contribution in [3.63, 3.8) is 0 Å². The molecule has 6 nitrogen and oxygen atoms in total. The SMILES string of the molecule is O=C([O-])CC(c1ccc(OC(=O)CBr)cc1)c1ccc(OC(=O)CBr)cc1. The number of rotatable bonds is 8. The minimum atomic E-state index is -1.19. The smallest absolute Gasteiger partial charge is 0.321 e. The fraction of sp³-hybridized carbons (Fsp3) is 0.211. The molecule has 0 aliphatic carbocycles. The number of hydrogen-bond acceptors (Lipinski definition) is 6. The van der Waals surface area contributed by atoms with E-state index in [2.05, 4.69) is 31.9 Å². The summed E-state index contributed by atoms with van der Waals surface area (Å²) in [6, 6.07) is 13.2. The van der Waals surface area contributed by atoms with Gasteiger partial charge in [0.2, 0.25) is 0 Å². The van der Waals surface area contributed by atoms with E-state index in [1.54, 1.807) is 48.5 Å². The van der Waals surface area contributed by atoms with Gasteiger partial charge in [-0.05, 0) is 41.8 Å². The predicted octanol–water partition coefficient (Wildman–Crippen LogP) is 2.56. The van der Waals surface area contributed by atoms with Crippen molar-refractivity contribution >= 4 is 49.8 Å². The van der Waals surface area contributed by atoms with Gasteiger partial charge in [-0.25, -0.2) is 0 Å². The van der Waals surface area contributed by atoms with Crippen LogP contribution in [-0.2, 0) is 14.4 Å². The van der Waals surface area contributed by atoms with Crippen LogP contribution in [0.3, 0.4) is 0 Å². The van der Waals surface area contributed by atoms with Gasteiger partial charge in [-0.3, -0.25) is 9.59 Å². The fourth-order valence-electron chi connectivity index (χ4n) is 2.45. The zero-order valence-electron chi connectivity index (χ0n) is 14.0. The number of carbonyl (C=O) groups is 3. The van der Waals surface area contributed by atoms with Gasteiger partial charge in [-0.15, -0.1) is 0 Å². The van der Waals surface area contributed by atoms with Crippen LogP contribution in [0, 0.1) is 0 Å². The quantitative estimate of drug-likeness (QED) is 0.315. The van der Waals surface area contributed by atoms with Gasteiger partial charge in [-0.1, -0.05) is 56.1 Å². The molecule has 0 radical (unpaired) electrons. The Labute approximate surface area is 172 Å². The van der Waals surface area contributed by atoms with E-state index in [4.69, 9.17) is 9.47 Å². The third-order valence-electron chi connectivity index (χ3n) is 3.62. The highest BCUT2D eigenvalue weighted by Crippen LogP contribution is 2.30. The highest BCUT2D eigenvalue weighted by Gasteiger charge is 2.16. The normalized spacial score (nSPS) is 10.5. The largest absolute Gasteiger partial charge is 0.550 e. The lowest BCUT2D eigenvalue weighted by molar-refractivity contribution is -0.306. The first-order valence-electron chi connectivity index (χ1n) is 7.86. The molecular formula is C19H15Br2O6-. The number of carbonyl (C=O) groups excluding carboxylic acids is 3. The molecule has 0 saturated carbocycles. The van der Waals surface area contributed by atoms with Crippen molar-refractivity contribution in [3.05, 3.63) is 59.7 Å². The number of esters is 2. The molecule has 0 aromatic heterocycles. The molecule has 0 bridgehead atoms. The molecule has 0 atom stereocenters. The molecule has 0 amide bonds. The molecule has 142 valence electrons. The number of benzene rings is 2. The first-order chi connectivity index (χ1) is 12.9. The van der Waals surface area contributed by atoms with Gasteiger partial charge in [0.25, 0.3) is 0 Å². The Hall–Kier alpha value is -2.19. The molecule has 0 aliphatic rings. The molecular weight excluding hydrogens is 484 g/mol. The molecule has 27 heavy (non-hydrogen) atoms. The number of hydrogen-bond donors (Lipinski definition) is 0. The van der Waals surface area contributed by atoms with E-state index in [1.807, 2.05) is 0 Å². The molecule has 2 aromatic rings. The third-order valence-corrected chi connectivity index (χ3v) is 4.53. The first-order valence-corrected chi connectivity index (χ1v) is 10.1. The summed E-state index contributed by atoms with van der Waals surface area (Å²) in [6.45, 7) is 0. The van der Waals surface area contributed by atoms with Crippen molar-refractivity contribution < 1.29 is 29.0 Å². The van der Waals surface area contributed by atoms with E-state index in [0.29, 0.717) is 11.5 Å². The summed E-state index contributed by atoms with van der Waals surface area (Å²) in [7, 11) is 0. The van der Waals surface area contributed by atoms with E-state index >= 15 is 0 Å². The maximum Gasteiger partial charge on any atom is 0.321 e. The number of ether oxygens (including phenoxy) is 2. The van der Waals surface area contributed by atoms with Crippen LogP contribution in [0.4, 0.5) is 0 Å². The van der Waals surface area contributed by atoms with Crippen LogP contribution in [0.25, 0.3) is 0 Å². The maximum atomic E-state index is 11.3. The molecule has 0 aliphatic heterocycles. The number of aliphatic carboxylic acids is 1. The van der Waals surface area contributed by atoms with Gasteiger partial charge in [0.05, 0.1) is 0 Å². The van der Waals surface area contributed by atoms with Crippen LogP contribution in [0.1, 0.15) is 23.5 Å². The van der Waals surface area contributed by atoms with Crippen LogP contribution in [0.15, 0.2) is 48.5 Å². The van der Waals surface area contributed by atoms with Gasteiger partial charge >= 0.3 is 11.9 Å². The number of carboxylic acid groups (broad SMARTS) is 1. The minimum Gasteiger partial charge on any atom is -0.550 e. The Kier molecular flexibility index (Phi) is 7.99. The lowest BCUT2D eigenvalue weighted by Crippen LogP contribution is -2.25. The van der Waals surface area contributed by atoms with Gasteiger partial charge in [0.15, 0.2) is 0 Å². The Morgan fingerprint density at radius 2 is 1.15 bits per heavy atom. The lowest BCUT2D eigenvalue weighted by atomic mass is 9.88. The highest BCUT2D eigenvalue weighted by atomic mass is 79.9. The second-order valence-corrected chi connectivity index (χ2v) is 6.60. The molecule has 0 unspecified atom stereocenters. The monoisotopic (exact) mass is 497 g/mol. The second-order valence-electron chi connectivity index (χ2n) is 5.48. The van der Waals surface area contributed by atoms with Gasteiger partial charge in [-0.2, -0.15) is 0 Å². The van der Waals surface area contributed by atoms with Gasteiger partial charge in [0, 0.05) is 11.9 Å². The van der Waals surface area contributed by atoms with E-state index in [9.17, 15) is 19.5 Å². The molecule has 2 aromatic carbocycles. The van der Waals surface area contributed by atoms with Crippen molar-refractivity contribution in [2.75, 3.05) is 10.7 Å². The van der Waals surface area contributed by atoms with E-state index < -0.39 is 23.8 Å². The lowest BCUT2D eigenvalue weighted by Gasteiger charge is -2.19. The molecule has 0 heterocycles. The number of alkyl halides is 2. The van der Waals surface area contributed by atoms with Crippen LogP contribution < -0.4 is 14.6 Å². The summed E-state index contributed by atoms with van der Waals surface area (Å²) >= 11 is 6.02. The summed E-state index contributed by atoms with van der Waals surface area (Å²) in [6.07, 6.45) is -0.221. The van der Waals surface area contributed by atoms with Crippen molar-refractivity contribution in [2.45, 2.75) is 12.3 Å². The average molecular weight is 499 g/mol. The minimum absolute atomic E-state index is 0.0774. The van der Waals surface area contributed by atoms with Crippen molar-refractivity contribution in [1.82, 2.24) is 0 Å². The Bertz CT molecular complexity index is 740. The van der Waals surface area contributed by atoms with Gasteiger partial charge in [0.1, 0.15) is 22.2 Å². The Morgan fingerprint density at radius 1 is 0.778 bits per heavy atom. The van der Waals surface area contributed by atoms with Crippen molar-refractivity contribution in [2.24, 2.45) is 0 Å². The summed E-state index contributed by atoms with van der Waals surface area (Å²) in [5, 5.41) is 11.4. The van der Waals surface area contributed by atoms with Crippen LogP contribution in [0.5, 0.6) is 11.5 Å². The molecule has 0 fully saturated rings. The van der Waals surface area contributed by atoms with Crippen molar-refractivity contribution in [1.29, 1.82) is 0 Å². The zero-order valence-corrected chi connectivity index (χ0v) is 17.2. The molecule has 2 rings (SSSR count). The van der Waals surface area contributed by atoms with E-state index in [1.165, 1.54) is 0 Å². The van der Waals surface area contributed by atoms with E-state index in [-0.39, 0.29) is 17.1 Å². The molecule has 0 N–H and O–H groups in total. The first kappa shape index (κ1) is 21.1. The Balaban J connectivity index is 2.23. The molecule has 0 spiro atoms. The zero-order chi connectivity index (χ0) is 19.8. The maximum absolute atomic E-state index is 11.3. The topological polar surface area (TPSA) is 92.7 Å². The summed E-state index contributed by atoms with van der Waals surface area (Å²) < 4.78 is 10.2. The highest BCUT2D eigenvalue weighted by molar-refractivity contribution is 9.09. The third kappa shape index (κ3) is 6.48. The van der Waals surface area contributed by atoms with E-state index in [0.717, 1.165) is 11.1 Å². The van der Waals surface area contributed by atoms with Crippen LogP contribution in [0.2, 0.25) is 0 Å². The summed E-state index contributed by atoms with van der Waals surface area (Å²) in [5.41, 5.74) is 1.45. The van der Waals surface area contributed by atoms with Crippen LogP contribution in [-0.4, -0.2) is 28.6 Å². The van der Waals surface area contributed by atoms with Crippen LogP contribution >= 0.6 is 31.9 Å². The average Bonchev–Trinajstić information content (AvgIpc) is 2.67. The summed E-state index contributed by atoms with van der Waals surface area (Å²) in [5.74, 6) is -1.77. The van der Waals surface area contributed by atoms with Gasteiger partial charge < -0.3 is 19.4 Å². The van der Waals surface area contributed by atoms with Crippen molar-refractivity contribution in [3.8, 4) is 11.5 Å². The second kappa shape index (κ2) is 10.2. The molecule has 8 heteroatoms. The number of carboxylic acids is 1. The number of halogens is 2. The standard InChI is InChI=1S/C19H16Br2O6/c20-10-18(24)26-14-5-1-12(2-6-14)16(9-17(22)23)13-3-7-15(8-4-13)27-19(25)11-21/h1-8,16H,9-11H2,(H,22,23)/p-1. The fourth-order valence-corrected chi connectivity index (χ4v) is 2.68. The molecule has 0 saturated heterocycles.